The number of aliphatic hydroxyl groups excluding tert-OH is 1. The van der Waals surface area contributed by atoms with Crippen LogP contribution in [-0.2, 0) is 5.41 Å². The van der Waals surface area contributed by atoms with E-state index in [1.165, 1.54) is 18.3 Å². The number of halogens is 4. The molecule has 0 aliphatic carbocycles. The Morgan fingerprint density at radius 2 is 1.73 bits per heavy atom. The number of hydrogen-bond acceptors (Lipinski definition) is 2. The zero-order valence-corrected chi connectivity index (χ0v) is 17.2. The maximum Gasteiger partial charge on any atom is 0.395 e. The molecule has 2 nitrogen and oxygen atoms in total. The van der Waals surface area contributed by atoms with Gasteiger partial charge in [0.1, 0.15) is 5.82 Å². The summed E-state index contributed by atoms with van der Waals surface area (Å²) in [6.07, 6.45) is -4.78. The summed E-state index contributed by atoms with van der Waals surface area (Å²) >= 11 is 0. The minimum Gasteiger partial charge on any atom is -0.393 e. The fourth-order valence-electron chi connectivity index (χ4n) is 3.93. The predicted molar refractivity (Wildman–Crippen MR) is 110 cm³/mol. The molecule has 1 N–H and O–H groups in total. The first-order chi connectivity index (χ1) is 14.0. The minimum absolute atomic E-state index is 0.0745. The lowest BCUT2D eigenvalue weighted by atomic mass is 9.77. The van der Waals surface area contributed by atoms with Crippen molar-refractivity contribution in [1.82, 2.24) is 4.98 Å². The Bertz CT molecular complexity index is 1020. The van der Waals surface area contributed by atoms with Gasteiger partial charge in [-0.25, -0.2) is 4.39 Å². The van der Waals surface area contributed by atoms with E-state index in [4.69, 9.17) is 0 Å². The fraction of sp³-hybridized carbons (Fsp3) is 0.375. The SMILES string of the molecule is Cc1ccc(C(C)(C)CC(O)CC(c2ccnc3ccccc23)C(F)(F)F)cc1F. The number of nitrogens with zero attached hydrogens (tertiary/aromatic N) is 1. The molecule has 3 aromatic rings. The van der Waals surface area contributed by atoms with Crippen molar-refractivity contribution < 1.29 is 22.7 Å². The van der Waals surface area contributed by atoms with Crippen LogP contribution in [0.5, 0.6) is 0 Å². The summed E-state index contributed by atoms with van der Waals surface area (Å²) in [5, 5.41) is 11.1. The number of aliphatic hydroxyl groups is 1. The molecular weight excluding hydrogens is 394 g/mol. The Balaban J connectivity index is 1.87. The van der Waals surface area contributed by atoms with E-state index in [1.54, 1.807) is 57.2 Å². The lowest BCUT2D eigenvalue weighted by molar-refractivity contribution is -0.157. The number of fused-ring (bicyclic) bond motifs is 1. The largest absolute Gasteiger partial charge is 0.395 e. The van der Waals surface area contributed by atoms with Crippen molar-refractivity contribution in [3.8, 4) is 0 Å². The van der Waals surface area contributed by atoms with Crippen molar-refractivity contribution in [3.05, 3.63) is 77.2 Å². The summed E-state index contributed by atoms with van der Waals surface area (Å²) in [6, 6.07) is 12.8. The average Bonchev–Trinajstić information content (AvgIpc) is 2.66. The molecule has 0 saturated heterocycles. The summed E-state index contributed by atoms with van der Waals surface area (Å²) in [4.78, 5) is 4.13. The lowest BCUT2D eigenvalue weighted by Crippen LogP contribution is -2.30. The van der Waals surface area contributed by atoms with Crippen molar-refractivity contribution in [3.63, 3.8) is 0 Å². The molecule has 1 heterocycles. The van der Waals surface area contributed by atoms with E-state index >= 15 is 0 Å². The van der Waals surface area contributed by atoms with Crippen LogP contribution in [0.2, 0.25) is 0 Å². The lowest BCUT2D eigenvalue weighted by Gasteiger charge is -2.31. The first-order valence-electron chi connectivity index (χ1n) is 9.84. The molecule has 2 unspecified atom stereocenters. The molecular formula is C24H25F4NO. The van der Waals surface area contributed by atoms with Gasteiger partial charge in [-0.15, -0.1) is 0 Å². The number of alkyl halides is 3. The summed E-state index contributed by atoms with van der Waals surface area (Å²) < 4.78 is 55.9. The van der Waals surface area contributed by atoms with Crippen LogP contribution in [-0.4, -0.2) is 22.4 Å². The fourth-order valence-corrected chi connectivity index (χ4v) is 3.93. The molecule has 160 valence electrons. The number of rotatable bonds is 6. The Labute approximate surface area is 173 Å². The molecule has 30 heavy (non-hydrogen) atoms. The van der Waals surface area contributed by atoms with Gasteiger partial charge < -0.3 is 5.11 Å². The van der Waals surface area contributed by atoms with Gasteiger partial charge in [0.05, 0.1) is 17.5 Å². The smallest absolute Gasteiger partial charge is 0.393 e. The Kier molecular flexibility index (Phi) is 6.18. The van der Waals surface area contributed by atoms with Crippen LogP contribution in [0.15, 0.2) is 54.7 Å². The number of para-hydroxylation sites is 1. The van der Waals surface area contributed by atoms with E-state index in [0.717, 1.165) is 0 Å². The maximum atomic E-state index is 14.0. The third-order valence-corrected chi connectivity index (χ3v) is 5.66. The van der Waals surface area contributed by atoms with Crippen LogP contribution in [0.3, 0.4) is 0 Å². The van der Waals surface area contributed by atoms with E-state index in [1.807, 2.05) is 0 Å². The third kappa shape index (κ3) is 4.81. The quantitative estimate of drug-likeness (QED) is 0.466. The van der Waals surface area contributed by atoms with Crippen LogP contribution >= 0.6 is 0 Å². The molecule has 0 amide bonds. The second kappa shape index (κ2) is 8.34. The predicted octanol–water partition coefficient (Wildman–Crippen LogP) is 6.45. The molecule has 0 fully saturated rings. The molecule has 2 aromatic carbocycles. The number of aromatic nitrogens is 1. The van der Waals surface area contributed by atoms with Crippen molar-refractivity contribution >= 4 is 10.9 Å². The molecule has 0 aliphatic heterocycles. The molecule has 1 aromatic heterocycles. The Hall–Kier alpha value is -2.47. The summed E-state index contributed by atoms with van der Waals surface area (Å²) in [6.45, 7) is 5.24. The van der Waals surface area contributed by atoms with Gasteiger partial charge in [0.15, 0.2) is 0 Å². The zero-order valence-electron chi connectivity index (χ0n) is 17.2. The molecule has 6 heteroatoms. The van der Waals surface area contributed by atoms with Gasteiger partial charge >= 0.3 is 6.18 Å². The Morgan fingerprint density at radius 3 is 2.40 bits per heavy atom. The molecule has 0 aliphatic rings. The monoisotopic (exact) mass is 419 g/mol. The van der Waals surface area contributed by atoms with Gasteiger partial charge in [-0.2, -0.15) is 13.2 Å². The van der Waals surface area contributed by atoms with Gasteiger partial charge in [-0.1, -0.05) is 44.2 Å². The molecule has 0 bridgehead atoms. The molecule has 0 saturated carbocycles. The van der Waals surface area contributed by atoms with E-state index in [0.29, 0.717) is 22.0 Å². The van der Waals surface area contributed by atoms with Crippen molar-refractivity contribution in [1.29, 1.82) is 0 Å². The van der Waals surface area contributed by atoms with E-state index < -0.39 is 30.0 Å². The normalized spacial score (nSPS) is 14.7. The van der Waals surface area contributed by atoms with Crippen LogP contribution in [0, 0.1) is 12.7 Å². The molecule has 2 atom stereocenters. The van der Waals surface area contributed by atoms with Gasteiger partial charge in [0.25, 0.3) is 0 Å². The molecule has 0 spiro atoms. The Morgan fingerprint density at radius 1 is 1.03 bits per heavy atom. The summed E-state index contributed by atoms with van der Waals surface area (Å²) in [5.41, 5.74) is 1.03. The first kappa shape index (κ1) is 22.2. The van der Waals surface area contributed by atoms with E-state index in [9.17, 15) is 22.7 Å². The van der Waals surface area contributed by atoms with Crippen LogP contribution in [0.1, 0.15) is 49.3 Å². The number of aryl methyl sites for hydroxylation is 1. The highest BCUT2D eigenvalue weighted by atomic mass is 19.4. The van der Waals surface area contributed by atoms with Crippen molar-refractivity contribution in [2.45, 2.75) is 57.2 Å². The summed E-state index contributed by atoms with van der Waals surface area (Å²) in [5.74, 6) is -2.20. The van der Waals surface area contributed by atoms with Gasteiger partial charge in [-0.05, 0) is 60.1 Å². The standard InChI is InChI=1S/C24H25F4NO/c1-15-8-9-16(12-21(15)25)23(2,3)14-17(30)13-20(24(26,27)28)18-10-11-29-22-7-5-4-6-19(18)22/h4-12,17,20,30H,13-14H2,1-3H3. The highest BCUT2D eigenvalue weighted by molar-refractivity contribution is 5.82. The maximum absolute atomic E-state index is 14.0. The zero-order chi connectivity index (χ0) is 22.1. The van der Waals surface area contributed by atoms with Gasteiger partial charge in [-0.3, -0.25) is 4.98 Å². The topological polar surface area (TPSA) is 33.1 Å². The first-order valence-corrected chi connectivity index (χ1v) is 9.84. The molecule has 0 radical (unpaired) electrons. The van der Waals surface area contributed by atoms with E-state index in [2.05, 4.69) is 4.98 Å². The van der Waals surface area contributed by atoms with Crippen LogP contribution in [0.4, 0.5) is 17.6 Å². The van der Waals surface area contributed by atoms with E-state index in [-0.39, 0.29) is 17.8 Å². The highest BCUT2D eigenvalue weighted by Crippen LogP contribution is 2.42. The summed E-state index contributed by atoms with van der Waals surface area (Å²) in [7, 11) is 0. The number of pyridine rings is 1. The van der Waals surface area contributed by atoms with Crippen LogP contribution < -0.4 is 0 Å². The number of hydrogen-bond donors (Lipinski definition) is 1. The van der Waals surface area contributed by atoms with Crippen LogP contribution in [0.25, 0.3) is 10.9 Å². The van der Waals surface area contributed by atoms with Crippen molar-refractivity contribution in [2.75, 3.05) is 0 Å². The second-order valence-electron chi connectivity index (χ2n) is 8.45. The number of benzene rings is 2. The highest BCUT2D eigenvalue weighted by Gasteiger charge is 2.43. The minimum atomic E-state index is -4.52. The second-order valence-corrected chi connectivity index (χ2v) is 8.45. The average molecular weight is 419 g/mol. The molecule has 3 rings (SSSR count). The van der Waals surface area contributed by atoms with Gasteiger partial charge in [0, 0.05) is 11.6 Å². The van der Waals surface area contributed by atoms with Crippen molar-refractivity contribution in [2.24, 2.45) is 0 Å². The third-order valence-electron chi connectivity index (χ3n) is 5.66. The van der Waals surface area contributed by atoms with Gasteiger partial charge in [0.2, 0.25) is 0 Å².